The number of hydrogen-bond donors (Lipinski definition) is 3. The van der Waals surface area contributed by atoms with Gasteiger partial charge in [0.1, 0.15) is 6.10 Å². The highest BCUT2D eigenvalue weighted by atomic mass is 32.1. The number of aliphatic hydroxyl groups excluding tert-OH is 1. The molecule has 2 amide bonds. The van der Waals surface area contributed by atoms with Crippen LogP contribution in [0.4, 0.5) is 0 Å². The Bertz CT molecular complexity index is 380. The topological polar surface area (TPSA) is 87.7 Å². The number of rotatable bonds is 6. The fourth-order valence-corrected chi connectivity index (χ4v) is 1.91. The fourth-order valence-electron chi connectivity index (χ4n) is 1.20. The Morgan fingerprint density at radius 1 is 1.44 bits per heavy atom. The first kappa shape index (κ1) is 14.6. The van der Waals surface area contributed by atoms with Gasteiger partial charge in [-0.25, -0.2) is 0 Å². The molecule has 0 bridgehead atoms. The third-order valence-electron chi connectivity index (χ3n) is 2.13. The van der Waals surface area contributed by atoms with Crippen molar-refractivity contribution in [1.82, 2.24) is 10.6 Å². The van der Waals surface area contributed by atoms with Gasteiger partial charge >= 0.3 is 11.8 Å². The highest BCUT2D eigenvalue weighted by Gasteiger charge is 2.15. The zero-order chi connectivity index (χ0) is 13.4. The van der Waals surface area contributed by atoms with Crippen LogP contribution in [-0.2, 0) is 14.3 Å². The highest BCUT2D eigenvalue weighted by Crippen LogP contribution is 2.17. The zero-order valence-corrected chi connectivity index (χ0v) is 10.8. The number of aliphatic hydroxyl groups is 1. The van der Waals surface area contributed by atoms with Crippen LogP contribution in [0.2, 0.25) is 0 Å². The van der Waals surface area contributed by atoms with Crippen molar-refractivity contribution in [3.05, 3.63) is 22.4 Å². The van der Waals surface area contributed by atoms with Crippen molar-refractivity contribution in [3.63, 3.8) is 0 Å². The second-order valence-corrected chi connectivity index (χ2v) is 4.47. The summed E-state index contributed by atoms with van der Waals surface area (Å²) >= 11 is 1.39. The summed E-state index contributed by atoms with van der Waals surface area (Å²) in [6.07, 6.45) is -0.791. The summed E-state index contributed by atoms with van der Waals surface area (Å²) in [5.41, 5.74) is 0. The second kappa shape index (κ2) is 7.80. The van der Waals surface area contributed by atoms with E-state index >= 15 is 0 Å². The van der Waals surface area contributed by atoms with E-state index in [0.717, 1.165) is 4.88 Å². The van der Waals surface area contributed by atoms with Crippen molar-refractivity contribution >= 4 is 23.2 Å². The molecule has 18 heavy (non-hydrogen) atoms. The Balaban J connectivity index is 2.26. The van der Waals surface area contributed by atoms with Crippen LogP contribution in [0.25, 0.3) is 0 Å². The summed E-state index contributed by atoms with van der Waals surface area (Å²) in [4.78, 5) is 23.3. The van der Waals surface area contributed by atoms with E-state index in [0.29, 0.717) is 6.61 Å². The SMILES string of the molecule is COCCNC(=O)C(=O)NCC(O)c1cccs1. The van der Waals surface area contributed by atoms with Gasteiger partial charge in [0, 0.05) is 25.1 Å². The van der Waals surface area contributed by atoms with Crippen molar-refractivity contribution in [2.24, 2.45) is 0 Å². The van der Waals surface area contributed by atoms with Gasteiger partial charge in [-0.3, -0.25) is 9.59 Å². The smallest absolute Gasteiger partial charge is 0.309 e. The minimum Gasteiger partial charge on any atom is -0.386 e. The maximum absolute atomic E-state index is 11.3. The molecule has 1 rings (SSSR count). The third-order valence-corrected chi connectivity index (χ3v) is 3.10. The molecule has 1 aromatic rings. The first-order valence-corrected chi connectivity index (χ1v) is 6.29. The molecule has 1 unspecified atom stereocenters. The Kier molecular flexibility index (Phi) is 6.34. The number of hydrogen-bond acceptors (Lipinski definition) is 5. The Hall–Kier alpha value is -1.44. The summed E-state index contributed by atoms with van der Waals surface area (Å²) < 4.78 is 4.73. The molecule has 0 aliphatic heterocycles. The maximum Gasteiger partial charge on any atom is 0.309 e. The standard InChI is InChI=1S/C11H16N2O4S/c1-17-5-4-12-10(15)11(16)13-7-8(14)9-3-2-6-18-9/h2-3,6,8,14H,4-5,7H2,1H3,(H,12,15)(H,13,16). The maximum atomic E-state index is 11.3. The molecule has 100 valence electrons. The molecule has 6 nitrogen and oxygen atoms in total. The Labute approximate surface area is 109 Å². The average Bonchev–Trinajstić information content (AvgIpc) is 2.89. The van der Waals surface area contributed by atoms with Gasteiger partial charge in [0.05, 0.1) is 6.61 Å². The van der Waals surface area contributed by atoms with Crippen LogP contribution in [0.3, 0.4) is 0 Å². The lowest BCUT2D eigenvalue weighted by molar-refractivity contribution is -0.139. The molecule has 0 aliphatic rings. The lowest BCUT2D eigenvalue weighted by Gasteiger charge is -2.10. The van der Waals surface area contributed by atoms with Crippen LogP contribution >= 0.6 is 11.3 Å². The molecule has 1 atom stereocenters. The summed E-state index contributed by atoms with van der Waals surface area (Å²) in [5.74, 6) is -1.49. The molecule has 0 fully saturated rings. The number of carbonyl (C=O) groups excluding carboxylic acids is 2. The molecule has 0 saturated carbocycles. The zero-order valence-electron chi connectivity index (χ0n) is 10.0. The van der Waals surface area contributed by atoms with Crippen molar-refractivity contribution in [2.45, 2.75) is 6.10 Å². The van der Waals surface area contributed by atoms with Gasteiger partial charge in [0.2, 0.25) is 0 Å². The van der Waals surface area contributed by atoms with E-state index in [-0.39, 0.29) is 13.1 Å². The van der Waals surface area contributed by atoms with Crippen LogP contribution in [0, 0.1) is 0 Å². The van der Waals surface area contributed by atoms with Crippen LogP contribution in [0.15, 0.2) is 17.5 Å². The van der Waals surface area contributed by atoms with Gasteiger partial charge < -0.3 is 20.5 Å². The summed E-state index contributed by atoms with van der Waals surface area (Å²) in [5, 5.41) is 16.3. The number of thiophene rings is 1. The normalized spacial score (nSPS) is 11.9. The van der Waals surface area contributed by atoms with Crippen LogP contribution < -0.4 is 10.6 Å². The van der Waals surface area contributed by atoms with Crippen LogP contribution in [0.5, 0.6) is 0 Å². The van der Waals surface area contributed by atoms with E-state index in [4.69, 9.17) is 4.74 Å². The van der Waals surface area contributed by atoms with E-state index in [1.165, 1.54) is 18.4 Å². The Morgan fingerprint density at radius 2 is 2.17 bits per heavy atom. The van der Waals surface area contributed by atoms with Gasteiger partial charge in [-0.05, 0) is 11.4 Å². The summed E-state index contributed by atoms with van der Waals surface area (Å²) in [6.45, 7) is 0.629. The number of carbonyl (C=O) groups is 2. The first-order chi connectivity index (χ1) is 8.65. The molecule has 0 radical (unpaired) electrons. The molecule has 7 heteroatoms. The number of methoxy groups -OCH3 is 1. The van der Waals surface area contributed by atoms with Crippen molar-refractivity contribution < 1.29 is 19.4 Å². The van der Waals surface area contributed by atoms with E-state index in [9.17, 15) is 14.7 Å². The fraction of sp³-hybridized carbons (Fsp3) is 0.455. The molecular weight excluding hydrogens is 256 g/mol. The Morgan fingerprint density at radius 3 is 2.78 bits per heavy atom. The van der Waals surface area contributed by atoms with Gasteiger partial charge in [-0.1, -0.05) is 6.07 Å². The lowest BCUT2D eigenvalue weighted by atomic mass is 10.3. The van der Waals surface area contributed by atoms with Gasteiger partial charge in [0.15, 0.2) is 0 Å². The number of amides is 2. The molecule has 1 aromatic heterocycles. The average molecular weight is 272 g/mol. The minimum atomic E-state index is -0.791. The van der Waals surface area contributed by atoms with Crippen molar-refractivity contribution in [2.75, 3.05) is 26.8 Å². The molecule has 0 aliphatic carbocycles. The molecule has 3 N–H and O–H groups in total. The van der Waals surface area contributed by atoms with E-state index in [1.54, 1.807) is 6.07 Å². The van der Waals surface area contributed by atoms with E-state index in [1.807, 2.05) is 11.4 Å². The van der Waals surface area contributed by atoms with E-state index in [2.05, 4.69) is 10.6 Å². The minimum absolute atomic E-state index is 0.0110. The van der Waals surface area contributed by atoms with Crippen LogP contribution in [-0.4, -0.2) is 43.7 Å². The monoisotopic (exact) mass is 272 g/mol. The molecular formula is C11H16N2O4S. The van der Waals surface area contributed by atoms with Crippen LogP contribution in [0.1, 0.15) is 11.0 Å². The molecule has 0 aromatic carbocycles. The molecule has 1 heterocycles. The van der Waals surface area contributed by atoms with Gasteiger partial charge in [-0.15, -0.1) is 11.3 Å². The number of ether oxygens (including phenoxy) is 1. The first-order valence-electron chi connectivity index (χ1n) is 5.41. The highest BCUT2D eigenvalue weighted by molar-refractivity contribution is 7.10. The largest absolute Gasteiger partial charge is 0.386 e. The lowest BCUT2D eigenvalue weighted by Crippen LogP contribution is -2.42. The van der Waals surface area contributed by atoms with Gasteiger partial charge in [0.25, 0.3) is 0 Å². The second-order valence-electron chi connectivity index (χ2n) is 3.49. The molecule has 0 spiro atoms. The summed E-state index contributed by atoms with van der Waals surface area (Å²) in [7, 11) is 1.50. The van der Waals surface area contributed by atoms with Crippen molar-refractivity contribution in [3.8, 4) is 0 Å². The summed E-state index contributed by atoms with van der Waals surface area (Å²) in [6, 6.07) is 3.57. The quantitative estimate of drug-likeness (QED) is 0.488. The molecule has 0 saturated heterocycles. The van der Waals surface area contributed by atoms with Gasteiger partial charge in [-0.2, -0.15) is 0 Å². The predicted molar refractivity (Wildman–Crippen MR) is 67.2 cm³/mol. The van der Waals surface area contributed by atoms with Crippen molar-refractivity contribution in [1.29, 1.82) is 0 Å². The third kappa shape index (κ3) is 4.82. The number of nitrogens with one attached hydrogen (secondary N) is 2. The van der Waals surface area contributed by atoms with E-state index < -0.39 is 17.9 Å². The predicted octanol–water partition coefficient (Wildman–Crippen LogP) is -0.340.